The van der Waals surface area contributed by atoms with Crippen molar-refractivity contribution in [3.8, 4) is 0 Å². The van der Waals surface area contributed by atoms with Crippen molar-refractivity contribution in [1.29, 1.82) is 0 Å². The van der Waals surface area contributed by atoms with Crippen LogP contribution in [0.5, 0.6) is 0 Å². The molecule has 1 aliphatic carbocycles. The lowest BCUT2D eigenvalue weighted by Crippen LogP contribution is -2.49. The van der Waals surface area contributed by atoms with Gasteiger partial charge in [-0.2, -0.15) is 13.2 Å². The maximum Gasteiger partial charge on any atom is 0.391 e. The average Bonchev–Trinajstić information content (AvgIpc) is 2.27. The molecule has 0 aromatic carbocycles. The second kappa shape index (κ2) is 5.47. The van der Waals surface area contributed by atoms with Gasteiger partial charge in [0.1, 0.15) is 0 Å². The first-order valence-corrected chi connectivity index (χ1v) is 6.15. The molecule has 1 rings (SSSR count). The van der Waals surface area contributed by atoms with Crippen molar-refractivity contribution >= 4 is 5.91 Å². The van der Waals surface area contributed by atoms with Gasteiger partial charge in [-0.05, 0) is 39.5 Å². The Kier molecular flexibility index (Phi) is 4.64. The van der Waals surface area contributed by atoms with Gasteiger partial charge >= 0.3 is 6.18 Å². The summed E-state index contributed by atoms with van der Waals surface area (Å²) in [6.45, 7) is 3.15. The third kappa shape index (κ3) is 4.15. The first-order valence-electron chi connectivity index (χ1n) is 6.15. The minimum Gasteiger partial charge on any atom is -0.394 e. The Bertz CT molecular complexity index is 294. The highest BCUT2D eigenvalue weighted by Gasteiger charge is 2.42. The van der Waals surface area contributed by atoms with Crippen LogP contribution in [0.2, 0.25) is 0 Å². The summed E-state index contributed by atoms with van der Waals surface area (Å²) >= 11 is 0. The van der Waals surface area contributed by atoms with Crippen molar-refractivity contribution in [2.75, 3.05) is 6.61 Å². The molecular formula is C12H20F3NO2. The van der Waals surface area contributed by atoms with Gasteiger partial charge in [-0.3, -0.25) is 4.79 Å². The van der Waals surface area contributed by atoms with Crippen LogP contribution in [-0.4, -0.2) is 29.3 Å². The fourth-order valence-electron chi connectivity index (χ4n) is 2.16. The summed E-state index contributed by atoms with van der Waals surface area (Å²) in [5.41, 5.74) is -0.724. The van der Waals surface area contributed by atoms with E-state index in [0.29, 0.717) is 0 Å². The predicted octanol–water partition coefficient (Wildman–Crippen LogP) is 2.24. The van der Waals surface area contributed by atoms with Crippen LogP contribution in [0.15, 0.2) is 0 Å². The summed E-state index contributed by atoms with van der Waals surface area (Å²) in [5.74, 6) is -1.89. The quantitative estimate of drug-likeness (QED) is 0.824. The Hall–Kier alpha value is -0.780. The van der Waals surface area contributed by atoms with Gasteiger partial charge in [-0.25, -0.2) is 0 Å². The van der Waals surface area contributed by atoms with E-state index in [-0.39, 0.29) is 44.1 Å². The van der Waals surface area contributed by atoms with Gasteiger partial charge in [-0.1, -0.05) is 0 Å². The van der Waals surface area contributed by atoms with E-state index in [2.05, 4.69) is 5.32 Å². The highest BCUT2D eigenvalue weighted by Crippen LogP contribution is 2.39. The first-order chi connectivity index (χ1) is 8.15. The number of nitrogens with one attached hydrogen (secondary N) is 1. The van der Waals surface area contributed by atoms with Gasteiger partial charge < -0.3 is 10.4 Å². The van der Waals surface area contributed by atoms with E-state index in [4.69, 9.17) is 5.11 Å². The number of rotatable bonds is 3. The zero-order valence-electron chi connectivity index (χ0n) is 10.7. The number of amides is 1. The standard InChI is InChI=1S/C12H20F3NO2/c1-11(2,7-17)16-10(18)8-3-5-9(6-4-8)12(13,14)15/h8-9,17H,3-7H2,1-2H3,(H,16,18). The van der Waals surface area contributed by atoms with Crippen molar-refractivity contribution in [3.05, 3.63) is 0 Å². The van der Waals surface area contributed by atoms with Gasteiger partial charge in [-0.15, -0.1) is 0 Å². The van der Waals surface area contributed by atoms with Crippen LogP contribution in [-0.2, 0) is 4.79 Å². The Morgan fingerprint density at radius 3 is 2.11 bits per heavy atom. The molecule has 1 aliphatic rings. The summed E-state index contributed by atoms with van der Waals surface area (Å²) in [5, 5.41) is 11.7. The van der Waals surface area contributed by atoms with Crippen LogP contribution in [0.4, 0.5) is 13.2 Å². The van der Waals surface area contributed by atoms with E-state index in [1.54, 1.807) is 13.8 Å². The molecule has 3 nitrogen and oxygen atoms in total. The number of hydrogen-bond donors (Lipinski definition) is 2. The minimum atomic E-state index is -4.15. The topological polar surface area (TPSA) is 49.3 Å². The SMILES string of the molecule is CC(C)(CO)NC(=O)C1CCC(C(F)(F)F)CC1. The minimum absolute atomic E-state index is 0.0150. The molecule has 6 heteroatoms. The molecule has 106 valence electrons. The van der Waals surface area contributed by atoms with E-state index >= 15 is 0 Å². The van der Waals surface area contributed by atoms with Crippen molar-refractivity contribution < 1.29 is 23.1 Å². The second-order valence-electron chi connectivity index (χ2n) is 5.62. The number of alkyl halides is 3. The number of aliphatic hydroxyl groups excluding tert-OH is 1. The van der Waals surface area contributed by atoms with Crippen molar-refractivity contribution in [1.82, 2.24) is 5.32 Å². The molecule has 0 aromatic heterocycles. The van der Waals surface area contributed by atoms with Crippen LogP contribution in [0.1, 0.15) is 39.5 Å². The van der Waals surface area contributed by atoms with Crippen LogP contribution >= 0.6 is 0 Å². The van der Waals surface area contributed by atoms with Gasteiger partial charge in [0.25, 0.3) is 0 Å². The summed E-state index contributed by atoms with van der Waals surface area (Å²) in [6.07, 6.45) is -3.59. The fourth-order valence-corrected chi connectivity index (χ4v) is 2.16. The van der Waals surface area contributed by atoms with Gasteiger partial charge in [0.2, 0.25) is 5.91 Å². The Balaban J connectivity index is 2.46. The largest absolute Gasteiger partial charge is 0.394 e. The summed E-state index contributed by atoms with van der Waals surface area (Å²) in [7, 11) is 0. The van der Waals surface area contributed by atoms with E-state index in [0.717, 1.165) is 0 Å². The molecule has 2 N–H and O–H groups in total. The van der Waals surface area contributed by atoms with Gasteiger partial charge in [0, 0.05) is 5.92 Å². The summed E-state index contributed by atoms with van der Waals surface area (Å²) < 4.78 is 37.4. The molecule has 1 saturated carbocycles. The molecule has 1 amide bonds. The molecule has 0 atom stereocenters. The number of carbonyl (C=O) groups excluding carboxylic acids is 1. The van der Waals surface area contributed by atoms with E-state index in [9.17, 15) is 18.0 Å². The van der Waals surface area contributed by atoms with Gasteiger partial charge in [0.15, 0.2) is 0 Å². The lowest BCUT2D eigenvalue weighted by Gasteiger charge is -2.32. The molecule has 0 bridgehead atoms. The Morgan fingerprint density at radius 2 is 1.72 bits per heavy atom. The molecule has 0 aromatic rings. The third-order valence-electron chi connectivity index (χ3n) is 3.42. The molecule has 0 heterocycles. The normalized spacial score (nSPS) is 25.9. The third-order valence-corrected chi connectivity index (χ3v) is 3.42. The van der Waals surface area contributed by atoms with Crippen molar-refractivity contribution in [3.63, 3.8) is 0 Å². The molecular weight excluding hydrogens is 247 g/mol. The molecule has 0 saturated heterocycles. The maximum absolute atomic E-state index is 12.5. The number of halogens is 3. The lowest BCUT2D eigenvalue weighted by atomic mass is 9.81. The lowest BCUT2D eigenvalue weighted by molar-refractivity contribution is -0.184. The average molecular weight is 267 g/mol. The molecule has 0 spiro atoms. The second-order valence-corrected chi connectivity index (χ2v) is 5.62. The van der Waals surface area contributed by atoms with E-state index < -0.39 is 17.6 Å². The monoisotopic (exact) mass is 267 g/mol. The maximum atomic E-state index is 12.5. The summed E-state index contributed by atoms with van der Waals surface area (Å²) in [4.78, 5) is 11.8. The molecule has 0 unspecified atom stereocenters. The summed E-state index contributed by atoms with van der Waals surface area (Å²) in [6, 6.07) is 0. The van der Waals surface area contributed by atoms with Crippen LogP contribution in [0, 0.1) is 11.8 Å². The molecule has 18 heavy (non-hydrogen) atoms. The molecule has 1 fully saturated rings. The zero-order chi connectivity index (χ0) is 14.0. The first kappa shape index (κ1) is 15.3. The highest BCUT2D eigenvalue weighted by atomic mass is 19.4. The Labute approximate surface area is 105 Å². The number of carbonyl (C=O) groups is 1. The van der Waals surface area contributed by atoms with Crippen molar-refractivity contribution in [2.45, 2.75) is 51.2 Å². The predicted molar refractivity (Wildman–Crippen MR) is 60.8 cm³/mol. The van der Waals surface area contributed by atoms with E-state index in [1.807, 2.05) is 0 Å². The molecule has 0 aliphatic heterocycles. The fraction of sp³-hybridized carbons (Fsp3) is 0.917. The Morgan fingerprint density at radius 1 is 1.22 bits per heavy atom. The zero-order valence-corrected chi connectivity index (χ0v) is 10.7. The van der Waals surface area contributed by atoms with Gasteiger partial charge in [0.05, 0.1) is 18.1 Å². The van der Waals surface area contributed by atoms with Crippen LogP contribution in [0.25, 0.3) is 0 Å². The smallest absolute Gasteiger partial charge is 0.391 e. The number of hydrogen-bond acceptors (Lipinski definition) is 2. The van der Waals surface area contributed by atoms with Crippen LogP contribution in [0.3, 0.4) is 0 Å². The van der Waals surface area contributed by atoms with E-state index in [1.165, 1.54) is 0 Å². The van der Waals surface area contributed by atoms with Crippen LogP contribution < -0.4 is 5.32 Å². The highest BCUT2D eigenvalue weighted by molar-refractivity contribution is 5.79. The number of aliphatic hydroxyl groups is 1. The van der Waals surface area contributed by atoms with Crippen molar-refractivity contribution in [2.24, 2.45) is 11.8 Å². The molecule has 0 radical (unpaired) electrons.